The average molecular weight is 254 g/mol. The largest absolute Gasteiger partial charge is 0.297 e. The Bertz CT molecular complexity index is 476. The molecule has 17 heavy (non-hydrogen) atoms. The third kappa shape index (κ3) is 4.50. The predicted octanol–water partition coefficient (Wildman–Crippen LogP) is 1.93. The molecule has 0 saturated carbocycles. The van der Waals surface area contributed by atoms with Crippen LogP contribution in [0, 0.1) is 0 Å². The highest BCUT2D eigenvalue weighted by Crippen LogP contribution is 2.11. The monoisotopic (exact) mass is 254 g/mol. The van der Waals surface area contributed by atoms with Crippen LogP contribution in [0.1, 0.15) is 12.8 Å². The molecular formula is C12H14O4S. The zero-order valence-corrected chi connectivity index (χ0v) is 10.2. The van der Waals surface area contributed by atoms with Crippen LogP contribution in [0.15, 0.2) is 47.9 Å². The SMILES string of the molecule is C=CCCC(=O)COS(=O)(=O)c1ccccc1. The van der Waals surface area contributed by atoms with E-state index in [0.717, 1.165) is 0 Å². The second-order valence-corrected chi connectivity index (χ2v) is 5.01. The number of allylic oxidation sites excluding steroid dienone is 1. The van der Waals surface area contributed by atoms with Gasteiger partial charge in [0.25, 0.3) is 10.1 Å². The Morgan fingerprint density at radius 3 is 2.53 bits per heavy atom. The lowest BCUT2D eigenvalue weighted by atomic mass is 10.2. The van der Waals surface area contributed by atoms with E-state index in [0.29, 0.717) is 6.42 Å². The molecule has 0 atom stereocenters. The van der Waals surface area contributed by atoms with Crippen LogP contribution in [-0.2, 0) is 19.1 Å². The Labute approximate surface area is 101 Å². The van der Waals surface area contributed by atoms with E-state index < -0.39 is 16.7 Å². The van der Waals surface area contributed by atoms with Gasteiger partial charge in [-0.1, -0.05) is 24.3 Å². The standard InChI is InChI=1S/C12H14O4S/c1-2-3-7-11(13)10-16-17(14,15)12-8-5-4-6-9-12/h2,4-6,8-9H,1,3,7,10H2. The zero-order valence-electron chi connectivity index (χ0n) is 9.33. The summed E-state index contributed by atoms with van der Waals surface area (Å²) < 4.78 is 27.9. The summed E-state index contributed by atoms with van der Waals surface area (Å²) in [5.74, 6) is -0.260. The summed E-state index contributed by atoms with van der Waals surface area (Å²) in [6.07, 6.45) is 2.37. The van der Waals surface area contributed by atoms with Crippen molar-refractivity contribution in [1.82, 2.24) is 0 Å². The van der Waals surface area contributed by atoms with Crippen LogP contribution in [0.5, 0.6) is 0 Å². The minimum absolute atomic E-state index is 0.0523. The van der Waals surface area contributed by atoms with Gasteiger partial charge in [-0.2, -0.15) is 8.42 Å². The second-order valence-electron chi connectivity index (χ2n) is 3.40. The van der Waals surface area contributed by atoms with Crippen molar-refractivity contribution in [2.45, 2.75) is 17.7 Å². The smallest absolute Gasteiger partial charge is 0.297 e. The van der Waals surface area contributed by atoms with Crippen LogP contribution >= 0.6 is 0 Å². The molecule has 92 valence electrons. The summed E-state index contributed by atoms with van der Waals surface area (Å²) in [5.41, 5.74) is 0. The van der Waals surface area contributed by atoms with Gasteiger partial charge in [0.05, 0.1) is 4.90 Å². The van der Waals surface area contributed by atoms with Gasteiger partial charge in [-0.15, -0.1) is 6.58 Å². The number of carbonyl (C=O) groups excluding carboxylic acids is 1. The first-order valence-corrected chi connectivity index (χ1v) is 6.54. The van der Waals surface area contributed by atoms with Crippen molar-refractivity contribution in [3.63, 3.8) is 0 Å². The third-order valence-electron chi connectivity index (χ3n) is 2.03. The van der Waals surface area contributed by atoms with Crippen LogP contribution in [0.3, 0.4) is 0 Å². The fraction of sp³-hybridized carbons (Fsp3) is 0.250. The molecule has 1 rings (SSSR count). The molecule has 4 nitrogen and oxygen atoms in total. The molecule has 0 radical (unpaired) electrons. The molecular weight excluding hydrogens is 240 g/mol. The van der Waals surface area contributed by atoms with E-state index in [1.54, 1.807) is 24.3 Å². The van der Waals surface area contributed by atoms with E-state index in [9.17, 15) is 13.2 Å². The normalized spacial score (nSPS) is 11.1. The molecule has 0 bridgehead atoms. The van der Waals surface area contributed by atoms with Gasteiger partial charge in [-0.05, 0) is 18.6 Å². The molecule has 1 aromatic rings. The van der Waals surface area contributed by atoms with Crippen LogP contribution in [0.2, 0.25) is 0 Å². The number of hydrogen-bond acceptors (Lipinski definition) is 4. The first kappa shape index (κ1) is 13.6. The quantitative estimate of drug-likeness (QED) is 0.551. The van der Waals surface area contributed by atoms with E-state index in [2.05, 4.69) is 10.8 Å². The molecule has 0 saturated heterocycles. The van der Waals surface area contributed by atoms with E-state index in [4.69, 9.17) is 0 Å². The lowest BCUT2D eigenvalue weighted by Gasteiger charge is -2.04. The molecule has 0 aliphatic carbocycles. The first-order chi connectivity index (χ1) is 8.06. The summed E-state index contributed by atoms with van der Waals surface area (Å²) in [7, 11) is -3.83. The molecule has 0 fully saturated rings. The molecule has 0 N–H and O–H groups in total. The van der Waals surface area contributed by atoms with E-state index >= 15 is 0 Å². The third-order valence-corrected chi connectivity index (χ3v) is 3.31. The fourth-order valence-electron chi connectivity index (χ4n) is 1.13. The molecule has 0 aliphatic rings. The topological polar surface area (TPSA) is 60.4 Å². The predicted molar refractivity (Wildman–Crippen MR) is 64.0 cm³/mol. The summed E-state index contributed by atoms with van der Waals surface area (Å²) in [6, 6.07) is 7.73. The Balaban J connectivity index is 2.57. The number of benzene rings is 1. The Kier molecular flexibility index (Phi) is 5.06. The molecule has 0 aromatic heterocycles. The molecule has 0 amide bonds. The number of hydrogen-bond donors (Lipinski definition) is 0. The summed E-state index contributed by atoms with van der Waals surface area (Å²) >= 11 is 0. The minimum atomic E-state index is -3.83. The maximum Gasteiger partial charge on any atom is 0.297 e. The van der Waals surface area contributed by atoms with Gasteiger partial charge in [0.2, 0.25) is 0 Å². The fourth-order valence-corrected chi connectivity index (χ4v) is 2.05. The van der Waals surface area contributed by atoms with Crippen molar-refractivity contribution in [1.29, 1.82) is 0 Å². The van der Waals surface area contributed by atoms with Crippen molar-refractivity contribution >= 4 is 15.9 Å². The van der Waals surface area contributed by atoms with Crippen molar-refractivity contribution < 1.29 is 17.4 Å². The Hall–Kier alpha value is -1.46. The molecule has 0 heterocycles. The van der Waals surface area contributed by atoms with Crippen LogP contribution < -0.4 is 0 Å². The Morgan fingerprint density at radius 2 is 1.94 bits per heavy atom. The van der Waals surface area contributed by atoms with E-state index in [1.807, 2.05) is 0 Å². The van der Waals surface area contributed by atoms with Gasteiger partial charge in [0.15, 0.2) is 5.78 Å². The van der Waals surface area contributed by atoms with Gasteiger partial charge >= 0.3 is 0 Å². The van der Waals surface area contributed by atoms with Gasteiger partial charge in [-0.3, -0.25) is 8.98 Å². The van der Waals surface area contributed by atoms with Gasteiger partial charge < -0.3 is 0 Å². The van der Waals surface area contributed by atoms with E-state index in [1.165, 1.54) is 12.1 Å². The molecule has 0 spiro atoms. The number of Topliss-reactive ketones (excluding diaryl/α,β-unsaturated/α-hetero) is 1. The number of ketones is 1. The van der Waals surface area contributed by atoms with Crippen molar-refractivity contribution in [2.24, 2.45) is 0 Å². The van der Waals surface area contributed by atoms with Crippen LogP contribution in [-0.4, -0.2) is 20.8 Å². The molecule has 1 aromatic carbocycles. The summed E-state index contributed by atoms with van der Waals surface area (Å²) in [6.45, 7) is 3.05. The maximum absolute atomic E-state index is 11.6. The minimum Gasteiger partial charge on any atom is -0.297 e. The van der Waals surface area contributed by atoms with Crippen molar-refractivity contribution in [3.8, 4) is 0 Å². The van der Waals surface area contributed by atoms with Gasteiger partial charge in [0, 0.05) is 6.42 Å². The number of rotatable bonds is 7. The summed E-state index contributed by atoms with van der Waals surface area (Å²) in [4.78, 5) is 11.3. The number of carbonyl (C=O) groups is 1. The second kappa shape index (κ2) is 6.32. The lowest BCUT2D eigenvalue weighted by Crippen LogP contribution is -2.14. The highest BCUT2D eigenvalue weighted by molar-refractivity contribution is 7.86. The lowest BCUT2D eigenvalue weighted by molar-refractivity contribution is -0.120. The average Bonchev–Trinajstić information content (AvgIpc) is 2.35. The van der Waals surface area contributed by atoms with Crippen LogP contribution in [0.4, 0.5) is 0 Å². The summed E-state index contributed by atoms with van der Waals surface area (Å²) in [5, 5.41) is 0. The van der Waals surface area contributed by atoms with Crippen molar-refractivity contribution in [3.05, 3.63) is 43.0 Å². The van der Waals surface area contributed by atoms with Gasteiger partial charge in [0.1, 0.15) is 6.61 Å². The molecule has 5 heteroatoms. The molecule has 0 unspecified atom stereocenters. The maximum atomic E-state index is 11.6. The zero-order chi connectivity index (χ0) is 12.7. The molecule has 0 aliphatic heterocycles. The first-order valence-electron chi connectivity index (χ1n) is 5.13. The highest BCUT2D eigenvalue weighted by Gasteiger charge is 2.16. The van der Waals surface area contributed by atoms with Crippen molar-refractivity contribution in [2.75, 3.05) is 6.61 Å². The van der Waals surface area contributed by atoms with Gasteiger partial charge in [-0.25, -0.2) is 0 Å². The van der Waals surface area contributed by atoms with E-state index in [-0.39, 0.29) is 17.1 Å². The van der Waals surface area contributed by atoms with Crippen LogP contribution in [0.25, 0.3) is 0 Å². The highest BCUT2D eigenvalue weighted by atomic mass is 32.2. The Morgan fingerprint density at radius 1 is 1.29 bits per heavy atom.